The van der Waals surface area contributed by atoms with Crippen molar-refractivity contribution in [2.24, 2.45) is 0 Å². The van der Waals surface area contributed by atoms with Crippen LogP contribution in [0.3, 0.4) is 0 Å². The fraction of sp³-hybridized carbons (Fsp3) is 0.278. The van der Waals surface area contributed by atoms with E-state index >= 15 is 0 Å². The number of carbonyl (C=O) groups is 1. The quantitative estimate of drug-likeness (QED) is 0.828. The van der Waals surface area contributed by atoms with Crippen molar-refractivity contribution in [1.82, 2.24) is 0 Å². The van der Waals surface area contributed by atoms with Crippen molar-refractivity contribution in [3.63, 3.8) is 0 Å². The minimum atomic E-state index is -4.31. The summed E-state index contributed by atoms with van der Waals surface area (Å²) < 4.78 is 52.3. The summed E-state index contributed by atoms with van der Waals surface area (Å²) in [5, 5.41) is 9.66. The number of hydrogen-bond acceptors (Lipinski definition) is 5. The first-order valence-electron chi connectivity index (χ1n) is 8.30. The van der Waals surface area contributed by atoms with Gasteiger partial charge in [-0.05, 0) is 24.6 Å². The number of aromatic carboxylic acids is 1. The Morgan fingerprint density at radius 3 is 2.74 bits per heavy atom. The predicted octanol–water partition coefficient (Wildman–Crippen LogP) is 2.59. The van der Waals surface area contributed by atoms with Crippen molar-refractivity contribution in [2.75, 3.05) is 17.9 Å². The second-order valence-electron chi connectivity index (χ2n) is 6.36. The Morgan fingerprint density at radius 2 is 2.00 bits per heavy atom. The Balaban J connectivity index is 1.78. The Kier molecular flexibility index (Phi) is 4.27. The number of anilines is 1. The molecule has 2 aromatic rings. The van der Waals surface area contributed by atoms with Crippen LogP contribution in [0.4, 0.5) is 10.1 Å². The third-order valence-electron chi connectivity index (χ3n) is 4.77. The van der Waals surface area contributed by atoms with Crippen molar-refractivity contribution in [3.8, 4) is 5.75 Å². The molecule has 0 spiro atoms. The fourth-order valence-electron chi connectivity index (χ4n) is 3.54. The standard InChI is InChI=1S/C18H16FNO6S/c19-12-3-1-2-4-15(12)27(23,24)20-13-6-5-11-10-7-8-25-14(10)9-26-17(11)16(13)18(21)22/h1-6,10,14,20H,7-9H2,(H,21,22). The highest BCUT2D eigenvalue weighted by Gasteiger charge is 2.38. The lowest BCUT2D eigenvalue weighted by atomic mass is 9.88. The van der Waals surface area contributed by atoms with E-state index in [4.69, 9.17) is 9.47 Å². The van der Waals surface area contributed by atoms with Crippen LogP contribution in [0.5, 0.6) is 5.75 Å². The Hall–Kier alpha value is -2.65. The van der Waals surface area contributed by atoms with Crippen LogP contribution in [0.1, 0.15) is 28.3 Å². The topological polar surface area (TPSA) is 102 Å². The fourth-order valence-corrected chi connectivity index (χ4v) is 4.69. The van der Waals surface area contributed by atoms with E-state index in [1.807, 2.05) is 0 Å². The summed E-state index contributed by atoms with van der Waals surface area (Å²) in [6, 6.07) is 7.86. The molecular formula is C18H16FNO6S. The Morgan fingerprint density at radius 1 is 1.22 bits per heavy atom. The summed E-state index contributed by atoms with van der Waals surface area (Å²) in [5.74, 6) is -2.13. The Bertz CT molecular complexity index is 1020. The van der Waals surface area contributed by atoms with Crippen molar-refractivity contribution in [2.45, 2.75) is 23.3 Å². The maximum absolute atomic E-state index is 13.9. The first-order valence-corrected chi connectivity index (χ1v) is 9.79. The summed E-state index contributed by atoms with van der Waals surface area (Å²) in [7, 11) is -4.31. The molecule has 0 aromatic heterocycles. The summed E-state index contributed by atoms with van der Waals surface area (Å²) in [6.45, 7) is 0.754. The zero-order valence-corrected chi connectivity index (χ0v) is 14.8. The molecule has 142 valence electrons. The van der Waals surface area contributed by atoms with Gasteiger partial charge in [0, 0.05) is 18.1 Å². The van der Waals surface area contributed by atoms with Crippen molar-refractivity contribution in [3.05, 3.63) is 53.3 Å². The van der Waals surface area contributed by atoms with Gasteiger partial charge in [-0.2, -0.15) is 0 Å². The summed E-state index contributed by atoms with van der Waals surface area (Å²) in [5.41, 5.74) is 0.203. The number of sulfonamides is 1. The third-order valence-corrected chi connectivity index (χ3v) is 6.17. The molecule has 7 nitrogen and oxygen atoms in total. The number of benzene rings is 2. The van der Waals surface area contributed by atoms with E-state index < -0.39 is 26.7 Å². The van der Waals surface area contributed by atoms with Gasteiger partial charge in [-0.1, -0.05) is 18.2 Å². The van der Waals surface area contributed by atoms with E-state index in [1.165, 1.54) is 18.2 Å². The van der Waals surface area contributed by atoms with Gasteiger partial charge in [-0.15, -0.1) is 0 Å². The van der Waals surface area contributed by atoms with Crippen LogP contribution < -0.4 is 9.46 Å². The van der Waals surface area contributed by atoms with E-state index in [2.05, 4.69) is 4.72 Å². The molecule has 2 atom stereocenters. The number of carboxylic acid groups (broad SMARTS) is 1. The molecule has 0 saturated carbocycles. The van der Waals surface area contributed by atoms with E-state index in [1.54, 1.807) is 6.07 Å². The highest BCUT2D eigenvalue weighted by Crippen LogP contribution is 2.44. The van der Waals surface area contributed by atoms with Crippen LogP contribution in [0.25, 0.3) is 0 Å². The molecule has 2 N–H and O–H groups in total. The molecule has 9 heteroatoms. The molecule has 2 aliphatic rings. The normalized spacial score (nSPS) is 21.1. The number of fused-ring (bicyclic) bond motifs is 3. The monoisotopic (exact) mass is 393 g/mol. The lowest BCUT2D eigenvalue weighted by Crippen LogP contribution is -2.29. The number of hydrogen-bond donors (Lipinski definition) is 2. The van der Waals surface area contributed by atoms with Crippen LogP contribution in [-0.4, -0.2) is 38.8 Å². The number of rotatable bonds is 4. The lowest BCUT2D eigenvalue weighted by molar-refractivity contribution is 0.0484. The molecule has 2 aliphatic heterocycles. The molecule has 1 fully saturated rings. The largest absolute Gasteiger partial charge is 0.490 e. The minimum Gasteiger partial charge on any atom is -0.490 e. The lowest BCUT2D eigenvalue weighted by Gasteiger charge is -2.29. The van der Waals surface area contributed by atoms with Gasteiger partial charge < -0.3 is 14.6 Å². The molecule has 27 heavy (non-hydrogen) atoms. The van der Waals surface area contributed by atoms with E-state index in [0.717, 1.165) is 18.6 Å². The number of ether oxygens (including phenoxy) is 2. The van der Waals surface area contributed by atoms with Gasteiger partial charge in [0.2, 0.25) is 0 Å². The molecule has 4 rings (SSSR count). The maximum atomic E-state index is 13.9. The Labute approximate surface area is 154 Å². The molecule has 0 radical (unpaired) electrons. The summed E-state index contributed by atoms with van der Waals surface area (Å²) >= 11 is 0. The van der Waals surface area contributed by atoms with E-state index in [0.29, 0.717) is 12.2 Å². The summed E-state index contributed by atoms with van der Waals surface area (Å²) in [6.07, 6.45) is 0.598. The van der Waals surface area contributed by atoms with Gasteiger partial charge >= 0.3 is 5.97 Å². The minimum absolute atomic E-state index is 0.00377. The van der Waals surface area contributed by atoms with Crippen molar-refractivity contribution >= 4 is 21.7 Å². The highest BCUT2D eigenvalue weighted by molar-refractivity contribution is 7.92. The first kappa shape index (κ1) is 17.7. The number of halogens is 1. The third kappa shape index (κ3) is 3.02. The molecule has 0 aliphatic carbocycles. The van der Waals surface area contributed by atoms with Gasteiger partial charge in [-0.25, -0.2) is 17.6 Å². The SMILES string of the molecule is O=C(O)c1c(NS(=O)(=O)c2ccccc2F)ccc2c1OCC1OCCC21. The second-order valence-corrected chi connectivity index (χ2v) is 8.01. The summed E-state index contributed by atoms with van der Waals surface area (Å²) in [4.78, 5) is 11.3. The van der Waals surface area contributed by atoms with E-state index in [9.17, 15) is 22.7 Å². The molecule has 2 unspecified atom stereocenters. The molecule has 0 amide bonds. The van der Waals surface area contributed by atoms with Gasteiger partial charge in [0.05, 0.1) is 11.8 Å². The number of carboxylic acids is 1. The zero-order chi connectivity index (χ0) is 19.2. The van der Waals surface area contributed by atoms with Crippen LogP contribution in [0.2, 0.25) is 0 Å². The predicted molar refractivity (Wildman–Crippen MR) is 93.2 cm³/mol. The van der Waals surface area contributed by atoms with Gasteiger partial charge in [0.15, 0.2) is 0 Å². The van der Waals surface area contributed by atoms with Gasteiger partial charge in [-0.3, -0.25) is 4.72 Å². The average Bonchev–Trinajstić information content (AvgIpc) is 3.10. The van der Waals surface area contributed by atoms with E-state index in [-0.39, 0.29) is 35.6 Å². The maximum Gasteiger partial charge on any atom is 0.341 e. The smallest absolute Gasteiger partial charge is 0.341 e. The van der Waals surface area contributed by atoms with Crippen molar-refractivity contribution in [1.29, 1.82) is 0 Å². The second kappa shape index (κ2) is 6.50. The average molecular weight is 393 g/mol. The van der Waals surface area contributed by atoms with Crippen molar-refractivity contribution < 1.29 is 32.2 Å². The van der Waals surface area contributed by atoms with Gasteiger partial charge in [0.1, 0.15) is 28.6 Å². The molecule has 1 saturated heterocycles. The first-order chi connectivity index (χ1) is 12.9. The number of nitrogens with one attached hydrogen (secondary N) is 1. The van der Waals surface area contributed by atoms with Crippen LogP contribution in [0.15, 0.2) is 41.3 Å². The molecular weight excluding hydrogens is 377 g/mol. The molecule has 2 aromatic carbocycles. The van der Waals surface area contributed by atoms with Crippen LogP contribution in [0, 0.1) is 5.82 Å². The van der Waals surface area contributed by atoms with Gasteiger partial charge in [0.25, 0.3) is 10.0 Å². The highest BCUT2D eigenvalue weighted by atomic mass is 32.2. The molecule has 2 heterocycles. The van der Waals surface area contributed by atoms with Crippen LogP contribution in [-0.2, 0) is 14.8 Å². The zero-order valence-electron chi connectivity index (χ0n) is 14.0. The molecule has 0 bridgehead atoms. The van der Waals surface area contributed by atoms with Crippen LogP contribution >= 0.6 is 0 Å².